The Labute approximate surface area is 142 Å². The number of nitrogens with zero attached hydrogens (tertiary/aromatic N) is 2. The average molecular weight is 337 g/mol. The van der Waals surface area contributed by atoms with Crippen molar-refractivity contribution in [2.75, 3.05) is 18.1 Å². The first-order valence-electron chi connectivity index (χ1n) is 8.70. The fourth-order valence-electron chi connectivity index (χ4n) is 3.10. The Hall–Kier alpha value is -1.01. The average Bonchev–Trinajstić information content (AvgIpc) is 3.31. The van der Waals surface area contributed by atoms with Gasteiger partial charge in [-0.3, -0.25) is 9.48 Å². The van der Waals surface area contributed by atoms with Crippen LogP contribution < -0.4 is 5.32 Å². The summed E-state index contributed by atoms with van der Waals surface area (Å²) >= 11 is 1.87. The van der Waals surface area contributed by atoms with Gasteiger partial charge in [0.25, 0.3) is 5.91 Å². The monoisotopic (exact) mass is 337 g/mol. The second-order valence-corrected chi connectivity index (χ2v) is 8.16. The summed E-state index contributed by atoms with van der Waals surface area (Å²) in [7, 11) is 0. The van der Waals surface area contributed by atoms with Gasteiger partial charge in [-0.1, -0.05) is 6.92 Å². The summed E-state index contributed by atoms with van der Waals surface area (Å²) in [5.41, 5.74) is 1.04. The number of hydrogen-bond donors (Lipinski definition) is 2. The molecule has 23 heavy (non-hydrogen) atoms. The minimum absolute atomic E-state index is 0.0897. The lowest BCUT2D eigenvalue weighted by atomic mass is 9.96. The predicted octanol–water partition coefficient (Wildman–Crippen LogP) is 2.72. The quantitative estimate of drug-likeness (QED) is 0.837. The van der Waals surface area contributed by atoms with Crippen LogP contribution in [0.25, 0.3) is 0 Å². The number of aliphatic hydroxyl groups is 1. The number of carbonyl (C=O) groups is 1. The number of thioether (sulfide) groups is 1. The molecule has 1 amide bonds. The van der Waals surface area contributed by atoms with Gasteiger partial charge in [0, 0.05) is 18.5 Å². The summed E-state index contributed by atoms with van der Waals surface area (Å²) < 4.78 is 2.03. The SMILES string of the molecule is CCC(C)n1ncc(C(=O)NCC2(O)CCSCC2)c1C1CC1. The lowest BCUT2D eigenvalue weighted by molar-refractivity contribution is 0.0311. The van der Waals surface area contributed by atoms with Crippen molar-refractivity contribution in [1.82, 2.24) is 15.1 Å². The number of carbonyl (C=O) groups excluding carboxylic acids is 1. The van der Waals surface area contributed by atoms with Gasteiger partial charge in [0.1, 0.15) is 0 Å². The molecule has 2 fully saturated rings. The highest BCUT2D eigenvalue weighted by molar-refractivity contribution is 7.99. The summed E-state index contributed by atoms with van der Waals surface area (Å²) in [4.78, 5) is 12.6. The van der Waals surface area contributed by atoms with E-state index in [1.54, 1.807) is 6.20 Å². The van der Waals surface area contributed by atoms with Crippen molar-refractivity contribution >= 4 is 17.7 Å². The van der Waals surface area contributed by atoms with Gasteiger partial charge < -0.3 is 10.4 Å². The van der Waals surface area contributed by atoms with Crippen molar-refractivity contribution in [3.05, 3.63) is 17.5 Å². The lowest BCUT2D eigenvalue weighted by Crippen LogP contribution is -2.45. The van der Waals surface area contributed by atoms with E-state index in [0.29, 0.717) is 24.1 Å². The summed E-state index contributed by atoms with van der Waals surface area (Å²) in [6, 6.07) is 0.312. The molecule has 1 aromatic heterocycles. The number of hydrogen-bond acceptors (Lipinski definition) is 4. The van der Waals surface area contributed by atoms with Gasteiger partial charge in [-0.15, -0.1) is 0 Å². The Morgan fingerprint density at radius 3 is 2.83 bits per heavy atom. The highest BCUT2D eigenvalue weighted by Gasteiger charge is 2.34. The van der Waals surface area contributed by atoms with Crippen molar-refractivity contribution < 1.29 is 9.90 Å². The molecule has 0 bridgehead atoms. The van der Waals surface area contributed by atoms with Crippen molar-refractivity contribution in [2.24, 2.45) is 0 Å². The highest BCUT2D eigenvalue weighted by Crippen LogP contribution is 2.42. The van der Waals surface area contributed by atoms with Crippen LogP contribution in [0.3, 0.4) is 0 Å². The number of nitrogens with one attached hydrogen (secondary N) is 1. The van der Waals surface area contributed by atoms with E-state index in [0.717, 1.165) is 49.3 Å². The van der Waals surface area contributed by atoms with E-state index >= 15 is 0 Å². The van der Waals surface area contributed by atoms with Gasteiger partial charge in [-0.25, -0.2) is 0 Å². The molecular weight excluding hydrogens is 310 g/mol. The van der Waals surface area contributed by atoms with Crippen LogP contribution in [-0.4, -0.2) is 44.4 Å². The Balaban J connectivity index is 1.71. The van der Waals surface area contributed by atoms with Gasteiger partial charge in [0.2, 0.25) is 0 Å². The largest absolute Gasteiger partial charge is 0.388 e. The Kier molecular flexibility index (Phi) is 5.01. The van der Waals surface area contributed by atoms with E-state index in [1.165, 1.54) is 0 Å². The van der Waals surface area contributed by atoms with Crippen LogP contribution in [0.1, 0.15) is 74.0 Å². The van der Waals surface area contributed by atoms with Crippen LogP contribution in [0, 0.1) is 0 Å². The van der Waals surface area contributed by atoms with Crippen molar-refractivity contribution in [3.63, 3.8) is 0 Å². The molecule has 128 valence electrons. The molecule has 1 saturated carbocycles. The second kappa shape index (κ2) is 6.85. The van der Waals surface area contributed by atoms with E-state index in [4.69, 9.17) is 0 Å². The molecule has 1 atom stereocenters. The van der Waals surface area contributed by atoms with E-state index < -0.39 is 5.60 Å². The predicted molar refractivity (Wildman–Crippen MR) is 93.0 cm³/mol. The Morgan fingerprint density at radius 1 is 1.52 bits per heavy atom. The molecule has 2 N–H and O–H groups in total. The molecule has 1 aromatic rings. The first kappa shape index (κ1) is 16.8. The van der Waals surface area contributed by atoms with Gasteiger partial charge in [-0.05, 0) is 50.5 Å². The number of rotatable bonds is 6. The zero-order chi connectivity index (χ0) is 16.4. The third-order valence-corrected chi connectivity index (χ3v) is 6.04. The fraction of sp³-hybridized carbons (Fsp3) is 0.765. The van der Waals surface area contributed by atoms with Crippen LogP contribution >= 0.6 is 11.8 Å². The number of amides is 1. The van der Waals surface area contributed by atoms with E-state index in [2.05, 4.69) is 24.3 Å². The maximum Gasteiger partial charge on any atom is 0.254 e. The minimum atomic E-state index is -0.743. The lowest BCUT2D eigenvalue weighted by Gasteiger charge is -2.31. The van der Waals surface area contributed by atoms with Crippen LogP contribution in [0.4, 0.5) is 0 Å². The molecule has 1 unspecified atom stereocenters. The van der Waals surface area contributed by atoms with Crippen LogP contribution in [-0.2, 0) is 0 Å². The molecule has 5 nitrogen and oxygen atoms in total. The fourth-order valence-corrected chi connectivity index (χ4v) is 4.36. The van der Waals surface area contributed by atoms with Crippen LogP contribution in [0.15, 0.2) is 6.20 Å². The van der Waals surface area contributed by atoms with E-state index in [-0.39, 0.29) is 5.91 Å². The standard InChI is InChI=1S/C17H27N3O2S/c1-3-12(2)20-15(13-4-5-13)14(10-19-20)16(21)18-11-17(22)6-8-23-9-7-17/h10,12-13,22H,3-9,11H2,1-2H3,(H,18,21). The molecule has 1 aliphatic heterocycles. The van der Waals surface area contributed by atoms with Gasteiger partial charge in [-0.2, -0.15) is 16.9 Å². The smallest absolute Gasteiger partial charge is 0.254 e. The minimum Gasteiger partial charge on any atom is -0.388 e. The van der Waals surface area contributed by atoms with Crippen LogP contribution in [0.5, 0.6) is 0 Å². The summed E-state index contributed by atoms with van der Waals surface area (Å²) in [5, 5.41) is 18.0. The second-order valence-electron chi connectivity index (χ2n) is 6.94. The third kappa shape index (κ3) is 3.74. The van der Waals surface area contributed by atoms with Crippen molar-refractivity contribution in [1.29, 1.82) is 0 Å². The van der Waals surface area contributed by atoms with E-state index in [1.807, 2.05) is 16.4 Å². The van der Waals surface area contributed by atoms with Crippen molar-refractivity contribution in [2.45, 2.75) is 63.5 Å². The molecular formula is C17H27N3O2S. The van der Waals surface area contributed by atoms with E-state index in [9.17, 15) is 9.90 Å². The normalized spacial score (nSPS) is 21.9. The molecule has 3 rings (SSSR count). The zero-order valence-corrected chi connectivity index (χ0v) is 14.9. The molecule has 1 aliphatic carbocycles. The van der Waals surface area contributed by atoms with Crippen molar-refractivity contribution in [3.8, 4) is 0 Å². The Morgan fingerprint density at radius 2 is 2.22 bits per heavy atom. The molecule has 2 aliphatic rings. The summed E-state index contributed by atoms with van der Waals surface area (Å²) in [6.07, 6.45) is 6.49. The molecule has 1 saturated heterocycles. The zero-order valence-electron chi connectivity index (χ0n) is 14.0. The first-order chi connectivity index (χ1) is 11.0. The van der Waals surface area contributed by atoms with Gasteiger partial charge >= 0.3 is 0 Å². The maximum atomic E-state index is 12.6. The van der Waals surface area contributed by atoms with Gasteiger partial charge in [0.05, 0.1) is 23.1 Å². The number of aromatic nitrogens is 2. The maximum absolute atomic E-state index is 12.6. The highest BCUT2D eigenvalue weighted by atomic mass is 32.2. The summed E-state index contributed by atoms with van der Waals surface area (Å²) in [6.45, 7) is 4.62. The molecule has 0 aromatic carbocycles. The first-order valence-corrected chi connectivity index (χ1v) is 9.85. The molecule has 0 spiro atoms. The summed E-state index contributed by atoms with van der Waals surface area (Å²) in [5.74, 6) is 2.31. The third-order valence-electron chi connectivity index (χ3n) is 5.05. The molecule has 2 heterocycles. The van der Waals surface area contributed by atoms with Crippen LogP contribution in [0.2, 0.25) is 0 Å². The molecule has 6 heteroatoms. The van der Waals surface area contributed by atoms with Gasteiger partial charge in [0.15, 0.2) is 0 Å². The molecule has 0 radical (unpaired) electrons. The Bertz CT molecular complexity index is 562. The topological polar surface area (TPSA) is 67.2 Å².